The number of esters is 1. The van der Waals surface area contributed by atoms with E-state index < -0.39 is 0 Å². The second-order valence-corrected chi connectivity index (χ2v) is 4.01. The monoisotopic (exact) mass is 252 g/mol. The van der Waals surface area contributed by atoms with E-state index >= 15 is 0 Å². The summed E-state index contributed by atoms with van der Waals surface area (Å²) in [6, 6.07) is 7.67. The van der Waals surface area contributed by atoms with E-state index in [0.717, 1.165) is 11.3 Å². The molecule has 18 heavy (non-hydrogen) atoms. The lowest BCUT2D eigenvalue weighted by Crippen LogP contribution is -2.30. The largest absolute Gasteiger partial charge is 0.492 e. The Morgan fingerprint density at radius 2 is 2.22 bits per heavy atom. The SMILES string of the molecule is COC(=O)CN(C)CCOc1cccc(CN)c1. The molecule has 5 heteroatoms. The smallest absolute Gasteiger partial charge is 0.319 e. The van der Waals surface area contributed by atoms with Gasteiger partial charge in [0.2, 0.25) is 0 Å². The first-order chi connectivity index (χ1) is 8.65. The molecule has 2 N–H and O–H groups in total. The van der Waals surface area contributed by atoms with Crippen molar-refractivity contribution in [3.8, 4) is 5.75 Å². The summed E-state index contributed by atoms with van der Waals surface area (Å²) in [6.45, 7) is 1.94. The molecule has 0 saturated carbocycles. The molecule has 1 rings (SSSR count). The highest BCUT2D eigenvalue weighted by molar-refractivity contribution is 5.71. The summed E-state index contributed by atoms with van der Waals surface area (Å²) in [7, 11) is 3.22. The van der Waals surface area contributed by atoms with Crippen molar-refractivity contribution in [2.45, 2.75) is 6.54 Å². The zero-order valence-electron chi connectivity index (χ0n) is 10.9. The Labute approximate surface area is 107 Å². The van der Waals surface area contributed by atoms with E-state index in [1.807, 2.05) is 36.2 Å². The third kappa shape index (κ3) is 5.16. The van der Waals surface area contributed by atoms with Gasteiger partial charge in [-0.3, -0.25) is 9.69 Å². The van der Waals surface area contributed by atoms with Crippen LogP contribution in [0.25, 0.3) is 0 Å². The number of nitrogens with zero attached hydrogens (tertiary/aromatic N) is 1. The minimum absolute atomic E-state index is 0.248. The lowest BCUT2D eigenvalue weighted by atomic mass is 10.2. The van der Waals surface area contributed by atoms with Gasteiger partial charge in [0.05, 0.1) is 13.7 Å². The minimum Gasteiger partial charge on any atom is -0.492 e. The van der Waals surface area contributed by atoms with Gasteiger partial charge in [0.1, 0.15) is 12.4 Å². The summed E-state index contributed by atoms with van der Waals surface area (Å²) in [6.07, 6.45) is 0. The lowest BCUT2D eigenvalue weighted by Gasteiger charge is -2.15. The molecule has 0 aromatic heterocycles. The van der Waals surface area contributed by atoms with Crippen LogP contribution in [0.5, 0.6) is 5.75 Å². The number of nitrogens with two attached hydrogens (primary N) is 1. The van der Waals surface area contributed by atoms with E-state index in [1.54, 1.807) is 0 Å². The highest BCUT2D eigenvalue weighted by Crippen LogP contribution is 2.12. The van der Waals surface area contributed by atoms with Crippen LogP contribution in [0.2, 0.25) is 0 Å². The van der Waals surface area contributed by atoms with Crippen LogP contribution in [0.15, 0.2) is 24.3 Å². The van der Waals surface area contributed by atoms with E-state index in [1.165, 1.54) is 7.11 Å². The van der Waals surface area contributed by atoms with Crippen LogP contribution in [-0.2, 0) is 16.1 Å². The van der Waals surface area contributed by atoms with Crippen LogP contribution in [0.1, 0.15) is 5.56 Å². The summed E-state index contributed by atoms with van der Waals surface area (Å²) in [5.74, 6) is 0.548. The van der Waals surface area contributed by atoms with Crippen LogP contribution in [0.3, 0.4) is 0 Å². The number of rotatable bonds is 7. The number of carbonyl (C=O) groups is 1. The number of hydrogen-bond acceptors (Lipinski definition) is 5. The Kier molecular flexibility index (Phi) is 6.18. The Hall–Kier alpha value is -1.59. The lowest BCUT2D eigenvalue weighted by molar-refractivity contribution is -0.141. The zero-order chi connectivity index (χ0) is 13.4. The molecular weight excluding hydrogens is 232 g/mol. The van der Waals surface area contributed by atoms with Gasteiger partial charge < -0.3 is 15.2 Å². The minimum atomic E-state index is -0.248. The van der Waals surface area contributed by atoms with Crippen LogP contribution in [0.4, 0.5) is 0 Å². The van der Waals surface area contributed by atoms with Crippen molar-refractivity contribution in [1.29, 1.82) is 0 Å². The first-order valence-corrected chi connectivity index (χ1v) is 5.83. The molecule has 0 amide bonds. The molecular formula is C13H20N2O3. The zero-order valence-corrected chi connectivity index (χ0v) is 10.9. The van der Waals surface area contributed by atoms with E-state index in [9.17, 15) is 4.79 Å². The van der Waals surface area contributed by atoms with Crippen molar-refractivity contribution >= 4 is 5.97 Å². The Morgan fingerprint density at radius 3 is 2.89 bits per heavy atom. The predicted molar refractivity (Wildman–Crippen MR) is 69.3 cm³/mol. The maximum Gasteiger partial charge on any atom is 0.319 e. The van der Waals surface area contributed by atoms with Gasteiger partial charge in [0, 0.05) is 13.1 Å². The van der Waals surface area contributed by atoms with E-state index in [-0.39, 0.29) is 12.5 Å². The van der Waals surface area contributed by atoms with Gasteiger partial charge in [-0.25, -0.2) is 0 Å². The number of benzene rings is 1. The predicted octanol–water partition coefficient (Wildman–Crippen LogP) is 0.629. The first kappa shape index (κ1) is 14.5. The van der Waals surface area contributed by atoms with Crippen molar-refractivity contribution in [2.75, 3.05) is 33.9 Å². The molecule has 0 atom stereocenters. The van der Waals surface area contributed by atoms with Gasteiger partial charge in [-0.05, 0) is 24.7 Å². The number of hydrogen-bond donors (Lipinski definition) is 1. The van der Waals surface area contributed by atoms with Gasteiger partial charge in [-0.1, -0.05) is 12.1 Å². The fraction of sp³-hybridized carbons (Fsp3) is 0.462. The van der Waals surface area contributed by atoms with Crippen LogP contribution in [0, 0.1) is 0 Å². The normalized spacial score (nSPS) is 10.4. The molecule has 0 aliphatic carbocycles. The van der Waals surface area contributed by atoms with Crippen molar-refractivity contribution in [3.05, 3.63) is 29.8 Å². The second kappa shape index (κ2) is 7.68. The fourth-order valence-corrected chi connectivity index (χ4v) is 1.45. The third-order valence-corrected chi connectivity index (χ3v) is 2.50. The first-order valence-electron chi connectivity index (χ1n) is 5.83. The van der Waals surface area contributed by atoms with Gasteiger partial charge in [0.25, 0.3) is 0 Å². The average Bonchev–Trinajstić information content (AvgIpc) is 2.38. The molecule has 0 heterocycles. The van der Waals surface area contributed by atoms with Gasteiger partial charge in [-0.15, -0.1) is 0 Å². The van der Waals surface area contributed by atoms with Crippen molar-refractivity contribution in [1.82, 2.24) is 4.90 Å². The molecule has 1 aromatic carbocycles. The highest BCUT2D eigenvalue weighted by Gasteiger charge is 2.05. The second-order valence-electron chi connectivity index (χ2n) is 4.01. The van der Waals surface area contributed by atoms with Crippen LogP contribution >= 0.6 is 0 Å². The molecule has 0 bridgehead atoms. The third-order valence-electron chi connectivity index (χ3n) is 2.50. The average molecular weight is 252 g/mol. The summed E-state index contributed by atoms with van der Waals surface area (Å²) in [5, 5.41) is 0. The quantitative estimate of drug-likeness (QED) is 0.721. The van der Waals surface area contributed by atoms with Crippen molar-refractivity contribution in [3.63, 3.8) is 0 Å². The molecule has 0 aliphatic heterocycles. The number of methoxy groups -OCH3 is 1. The topological polar surface area (TPSA) is 64.8 Å². The van der Waals surface area contributed by atoms with E-state index in [2.05, 4.69) is 4.74 Å². The molecule has 1 aromatic rings. The fourth-order valence-electron chi connectivity index (χ4n) is 1.45. The number of likely N-dealkylation sites (N-methyl/N-ethyl adjacent to an activating group) is 1. The Bertz CT molecular complexity index is 382. The highest BCUT2D eigenvalue weighted by atomic mass is 16.5. The molecule has 0 aliphatic rings. The van der Waals surface area contributed by atoms with Gasteiger partial charge in [0.15, 0.2) is 0 Å². The summed E-state index contributed by atoms with van der Waals surface area (Å²) in [5.41, 5.74) is 6.59. The standard InChI is InChI=1S/C13H20N2O3/c1-15(10-13(16)17-2)6-7-18-12-5-3-4-11(8-12)9-14/h3-5,8H,6-7,9-10,14H2,1-2H3. The number of ether oxygens (including phenoxy) is 2. The molecule has 100 valence electrons. The van der Waals surface area contributed by atoms with E-state index in [4.69, 9.17) is 10.5 Å². The van der Waals surface area contributed by atoms with Crippen LogP contribution < -0.4 is 10.5 Å². The van der Waals surface area contributed by atoms with Crippen molar-refractivity contribution < 1.29 is 14.3 Å². The number of carbonyl (C=O) groups excluding carboxylic acids is 1. The maximum absolute atomic E-state index is 11.0. The summed E-state index contributed by atoms with van der Waals surface area (Å²) in [4.78, 5) is 12.9. The van der Waals surface area contributed by atoms with Gasteiger partial charge >= 0.3 is 5.97 Å². The summed E-state index contributed by atoms with van der Waals surface area (Å²) < 4.78 is 10.2. The van der Waals surface area contributed by atoms with E-state index in [0.29, 0.717) is 19.7 Å². The molecule has 0 radical (unpaired) electrons. The molecule has 0 spiro atoms. The maximum atomic E-state index is 11.0. The molecule has 0 fully saturated rings. The Balaban J connectivity index is 2.30. The van der Waals surface area contributed by atoms with Crippen molar-refractivity contribution in [2.24, 2.45) is 5.73 Å². The van der Waals surface area contributed by atoms with Crippen LogP contribution in [-0.4, -0.2) is 44.7 Å². The molecule has 5 nitrogen and oxygen atoms in total. The summed E-state index contributed by atoms with van der Waals surface area (Å²) >= 11 is 0. The van der Waals surface area contributed by atoms with Gasteiger partial charge in [-0.2, -0.15) is 0 Å². The molecule has 0 saturated heterocycles. The molecule has 0 unspecified atom stereocenters. The Morgan fingerprint density at radius 1 is 1.44 bits per heavy atom.